The summed E-state index contributed by atoms with van der Waals surface area (Å²) in [5.41, 5.74) is 1.87. The van der Waals surface area contributed by atoms with E-state index in [1.54, 1.807) is 43.3 Å². The Bertz CT molecular complexity index is 876. The first-order valence-electron chi connectivity index (χ1n) is 8.86. The molecular weight excluding hydrogens is 381 g/mol. The van der Waals surface area contributed by atoms with E-state index < -0.39 is 23.4 Å². The topological polar surface area (TPSA) is 78.5 Å². The Kier molecular flexibility index (Phi) is 5.99. The summed E-state index contributed by atoms with van der Waals surface area (Å²) in [6, 6.07) is 14.3. The molecule has 0 aromatic heterocycles. The second-order valence-corrected chi connectivity index (χ2v) is 7.45. The van der Waals surface area contributed by atoms with Gasteiger partial charge in [0.05, 0.1) is 0 Å². The number of benzene rings is 2. The van der Waals surface area contributed by atoms with Crippen molar-refractivity contribution in [3.05, 3.63) is 66.0 Å². The van der Waals surface area contributed by atoms with E-state index in [0.717, 1.165) is 9.90 Å². The number of halogens is 1. The molecule has 2 aromatic carbocycles. The Labute approximate surface area is 166 Å². The van der Waals surface area contributed by atoms with Crippen molar-refractivity contribution in [2.45, 2.75) is 30.2 Å². The molecule has 2 aromatic rings. The Hall–Kier alpha value is -2.87. The minimum absolute atomic E-state index is 0.101. The maximum Gasteiger partial charge on any atom is 0.344 e. The molecule has 3 rings (SSSR count). The van der Waals surface area contributed by atoms with E-state index in [9.17, 15) is 18.8 Å². The highest BCUT2D eigenvalue weighted by molar-refractivity contribution is 7.99. The van der Waals surface area contributed by atoms with Crippen LogP contribution in [0.5, 0.6) is 0 Å². The number of imide groups is 1. The van der Waals surface area contributed by atoms with Gasteiger partial charge in [-0.15, -0.1) is 11.8 Å². The van der Waals surface area contributed by atoms with Crippen LogP contribution in [0.4, 0.5) is 9.18 Å². The number of thioether (sulfide) groups is 1. The van der Waals surface area contributed by atoms with Crippen molar-refractivity contribution in [2.75, 3.05) is 5.75 Å². The first kappa shape index (κ1) is 19.9. The van der Waals surface area contributed by atoms with Gasteiger partial charge in [0, 0.05) is 17.1 Å². The van der Waals surface area contributed by atoms with E-state index in [1.807, 2.05) is 6.07 Å². The van der Waals surface area contributed by atoms with Crippen LogP contribution in [-0.4, -0.2) is 28.6 Å². The molecule has 1 aliphatic rings. The molecule has 1 atom stereocenters. The normalized spacial score (nSPS) is 18.9. The molecule has 0 aliphatic carbocycles. The maximum atomic E-state index is 12.9. The van der Waals surface area contributed by atoms with Crippen molar-refractivity contribution >= 4 is 29.6 Å². The van der Waals surface area contributed by atoms with Gasteiger partial charge in [-0.25, -0.2) is 9.18 Å². The summed E-state index contributed by atoms with van der Waals surface area (Å²) >= 11 is 1.39. The number of amides is 4. The second kappa shape index (κ2) is 8.43. The molecule has 1 aliphatic heterocycles. The molecule has 6 nitrogen and oxygen atoms in total. The Morgan fingerprint density at radius 3 is 2.46 bits per heavy atom. The number of nitrogens with zero attached hydrogens (tertiary/aromatic N) is 1. The number of carbonyl (C=O) groups excluding carboxylic acids is 3. The van der Waals surface area contributed by atoms with Gasteiger partial charge in [0.2, 0.25) is 5.91 Å². The molecule has 1 saturated heterocycles. The fourth-order valence-corrected chi connectivity index (χ4v) is 3.86. The zero-order valence-corrected chi connectivity index (χ0v) is 16.1. The third kappa shape index (κ3) is 4.01. The molecule has 4 amide bonds. The standard InChI is InChI=1S/C20H20FN3O3S/c1-2-20(14-6-4-3-5-7-14)18(26)24(19(27)22-20)23-17(25)12-13-28-16-10-8-15(21)9-11-16/h3-11H,2,12-13H2,1H3,(H,22,27)(H,23,25)/t20-/m0/s1. The van der Waals surface area contributed by atoms with E-state index in [4.69, 9.17) is 0 Å². The van der Waals surface area contributed by atoms with Gasteiger partial charge < -0.3 is 5.32 Å². The van der Waals surface area contributed by atoms with Gasteiger partial charge >= 0.3 is 6.03 Å². The number of urea groups is 1. The summed E-state index contributed by atoms with van der Waals surface area (Å²) in [4.78, 5) is 38.3. The monoisotopic (exact) mass is 401 g/mol. The number of hydrogen-bond acceptors (Lipinski definition) is 4. The molecule has 0 saturated carbocycles. The zero-order valence-electron chi connectivity index (χ0n) is 15.3. The van der Waals surface area contributed by atoms with Crippen molar-refractivity contribution in [1.29, 1.82) is 0 Å². The van der Waals surface area contributed by atoms with Gasteiger partial charge in [-0.2, -0.15) is 5.01 Å². The van der Waals surface area contributed by atoms with Crippen molar-refractivity contribution in [3.8, 4) is 0 Å². The molecule has 0 radical (unpaired) electrons. The van der Waals surface area contributed by atoms with E-state index in [1.165, 1.54) is 23.9 Å². The van der Waals surface area contributed by atoms with Crippen LogP contribution in [0.25, 0.3) is 0 Å². The lowest BCUT2D eigenvalue weighted by atomic mass is 9.87. The number of hydrogen-bond donors (Lipinski definition) is 2. The Morgan fingerprint density at radius 1 is 1.14 bits per heavy atom. The lowest BCUT2D eigenvalue weighted by molar-refractivity contribution is -0.139. The highest BCUT2D eigenvalue weighted by Crippen LogP contribution is 2.31. The minimum atomic E-state index is -1.19. The molecular formula is C20H20FN3O3S. The summed E-state index contributed by atoms with van der Waals surface area (Å²) in [6.07, 6.45) is 0.456. The first-order valence-corrected chi connectivity index (χ1v) is 9.85. The molecule has 8 heteroatoms. The SMILES string of the molecule is CC[C@@]1(c2ccccc2)NC(=O)N(NC(=O)CCSc2ccc(F)cc2)C1=O. The fourth-order valence-electron chi connectivity index (χ4n) is 3.01. The number of nitrogens with one attached hydrogen (secondary N) is 2. The smallest absolute Gasteiger partial charge is 0.318 e. The minimum Gasteiger partial charge on any atom is -0.318 e. The third-order valence-electron chi connectivity index (χ3n) is 4.54. The van der Waals surface area contributed by atoms with Gasteiger partial charge in [-0.3, -0.25) is 15.0 Å². The largest absolute Gasteiger partial charge is 0.344 e. The van der Waals surface area contributed by atoms with E-state index >= 15 is 0 Å². The first-order chi connectivity index (χ1) is 13.5. The highest BCUT2D eigenvalue weighted by Gasteiger charge is 2.52. The number of carbonyl (C=O) groups is 3. The second-order valence-electron chi connectivity index (χ2n) is 6.28. The van der Waals surface area contributed by atoms with Crippen LogP contribution in [0.2, 0.25) is 0 Å². The van der Waals surface area contributed by atoms with Crippen molar-refractivity contribution in [2.24, 2.45) is 0 Å². The molecule has 0 unspecified atom stereocenters. The molecule has 0 spiro atoms. The summed E-state index contributed by atoms with van der Waals surface area (Å²) < 4.78 is 12.9. The summed E-state index contributed by atoms with van der Waals surface area (Å²) in [7, 11) is 0. The van der Waals surface area contributed by atoms with Gasteiger partial charge in [0.1, 0.15) is 11.4 Å². The van der Waals surface area contributed by atoms with Crippen molar-refractivity contribution in [1.82, 2.24) is 15.8 Å². The van der Waals surface area contributed by atoms with Gasteiger partial charge in [-0.05, 0) is 36.2 Å². The molecule has 0 bridgehead atoms. The molecule has 146 valence electrons. The molecule has 2 N–H and O–H groups in total. The zero-order chi connectivity index (χ0) is 20.1. The summed E-state index contributed by atoms with van der Waals surface area (Å²) in [6.45, 7) is 1.80. The molecule has 28 heavy (non-hydrogen) atoms. The van der Waals surface area contributed by atoms with Gasteiger partial charge in [-0.1, -0.05) is 37.3 Å². The van der Waals surface area contributed by atoms with Crippen LogP contribution in [0.1, 0.15) is 25.3 Å². The van der Waals surface area contributed by atoms with Crippen LogP contribution < -0.4 is 10.7 Å². The highest BCUT2D eigenvalue weighted by atomic mass is 32.2. The van der Waals surface area contributed by atoms with Crippen LogP contribution in [0, 0.1) is 5.82 Å². The van der Waals surface area contributed by atoms with E-state index in [0.29, 0.717) is 17.7 Å². The van der Waals surface area contributed by atoms with Crippen LogP contribution in [-0.2, 0) is 15.1 Å². The predicted molar refractivity (Wildman–Crippen MR) is 104 cm³/mol. The predicted octanol–water partition coefficient (Wildman–Crippen LogP) is 3.20. The quantitative estimate of drug-likeness (QED) is 0.552. The van der Waals surface area contributed by atoms with Gasteiger partial charge in [0.25, 0.3) is 5.91 Å². The molecule has 1 fully saturated rings. The van der Waals surface area contributed by atoms with E-state index in [2.05, 4.69) is 10.7 Å². The third-order valence-corrected chi connectivity index (χ3v) is 5.55. The number of rotatable bonds is 7. The average Bonchev–Trinajstić information content (AvgIpc) is 2.95. The van der Waals surface area contributed by atoms with Crippen molar-refractivity contribution < 1.29 is 18.8 Å². The summed E-state index contributed by atoms with van der Waals surface area (Å²) in [5, 5.41) is 3.46. The Balaban J connectivity index is 1.60. The fraction of sp³-hybridized carbons (Fsp3) is 0.250. The maximum absolute atomic E-state index is 12.9. The Morgan fingerprint density at radius 2 is 1.82 bits per heavy atom. The van der Waals surface area contributed by atoms with Crippen LogP contribution >= 0.6 is 11.8 Å². The van der Waals surface area contributed by atoms with Crippen LogP contribution in [0.15, 0.2) is 59.5 Å². The molecule has 1 heterocycles. The average molecular weight is 401 g/mol. The van der Waals surface area contributed by atoms with Crippen molar-refractivity contribution in [3.63, 3.8) is 0 Å². The number of hydrazine groups is 1. The van der Waals surface area contributed by atoms with E-state index in [-0.39, 0.29) is 12.2 Å². The lowest BCUT2D eigenvalue weighted by Crippen LogP contribution is -2.48. The lowest BCUT2D eigenvalue weighted by Gasteiger charge is -2.25. The van der Waals surface area contributed by atoms with Crippen LogP contribution in [0.3, 0.4) is 0 Å². The van der Waals surface area contributed by atoms with Gasteiger partial charge in [0.15, 0.2) is 0 Å². The summed E-state index contributed by atoms with van der Waals surface area (Å²) in [5.74, 6) is -0.846.